The van der Waals surface area contributed by atoms with Crippen molar-refractivity contribution in [2.75, 3.05) is 11.6 Å². The number of ether oxygens (including phenoxy) is 1. The number of nitrogens with one attached hydrogen (secondary N) is 1. The summed E-state index contributed by atoms with van der Waals surface area (Å²) in [6, 6.07) is 6.89. The normalized spacial score (nSPS) is 14.8. The fourth-order valence-corrected chi connectivity index (χ4v) is 1.81. The molecule has 0 spiro atoms. The van der Waals surface area contributed by atoms with E-state index < -0.39 is 11.9 Å². The Morgan fingerprint density at radius 3 is 2.70 bits per heavy atom. The lowest BCUT2D eigenvalue weighted by molar-refractivity contribution is -0.126. The molecule has 0 aliphatic carbocycles. The van der Waals surface area contributed by atoms with Crippen LogP contribution in [0.4, 0.5) is 18.9 Å². The van der Waals surface area contributed by atoms with Gasteiger partial charge in [-0.15, -0.1) is 0 Å². The van der Waals surface area contributed by atoms with Crippen LogP contribution in [0, 0.1) is 0 Å². The van der Waals surface area contributed by atoms with Crippen LogP contribution in [-0.4, -0.2) is 18.8 Å². The van der Waals surface area contributed by atoms with E-state index in [9.17, 15) is 18.0 Å². The molecule has 1 N–H and O–H groups in total. The maximum Gasteiger partial charge on any atom is 0.450 e. The molecule has 1 heterocycles. The zero-order valence-electron chi connectivity index (χ0n) is 10.7. The van der Waals surface area contributed by atoms with Crippen LogP contribution in [0.5, 0.6) is 0 Å². The van der Waals surface area contributed by atoms with Crippen molar-refractivity contribution in [2.24, 2.45) is 0 Å². The molecule has 1 aliphatic heterocycles. The van der Waals surface area contributed by atoms with E-state index in [0.717, 1.165) is 6.20 Å². The number of hydrogen-bond acceptors (Lipinski definition) is 3. The zero-order valence-corrected chi connectivity index (χ0v) is 10.7. The first kappa shape index (κ1) is 14.2. The second kappa shape index (κ2) is 5.44. The molecule has 0 bridgehead atoms. The molecule has 0 saturated heterocycles. The van der Waals surface area contributed by atoms with E-state index >= 15 is 0 Å². The van der Waals surface area contributed by atoms with Crippen LogP contribution in [0.1, 0.15) is 12.5 Å². The van der Waals surface area contributed by atoms with Crippen LogP contribution in [0.25, 0.3) is 0 Å². The van der Waals surface area contributed by atoms with Gasteiger partial charge in [-0.05, 0) is 11.6 Å². The Morgan fingerprint density at radius 1 is 1.40 bits per heavy atom. The van der Waals surface area contributed by atoms with Crippen molar-refractivity contribution in [1.82, 2.24) is 5.32 Å². The number of alkyl halides is 3. The van der Waals surface area contributed by atoms with Gasteiger partial charge < -0.3 is 15.0 Å². The van der Waals surface area contributed by atoms with Crippen molar-refractivity contribution in [2.45, 2.75) is 19.6 Å². The predicted molar refractivity (Wildman–Crippen MR) is 66.5 cm³/mol. The summed E-state index contributed by atoms with van der Waals surface area (Å²) < 4.78 is 42.2. The van der Waals surface area contributed by atoms with Crippen molar-refractivity contribution in [3.05, 3.63) is 41.8 Å². The molecule has 4 nitrogen and oxygen atoms in total. The lowest BCUT2D eigenvalue weighted by Crippen LogP contribution is -2.22. The summed E-state index contributed by atoms with van der Waals surface area (Å²) in [6.45, 7) is 1.42. The minimum absolute atomic E-state index is 0.202. The van der Waals surface area contributed by atoms with Gasteiger partial charge in [-0.25, -0.2) is 0 Å². The molecular weight excluding hydrogens is 273 g/mol. The molecule has 0 fully saturated rings. The zero-order chi connectivity index (χ0) is 14.8. The van der Waals surface area contributed by atoms with E-state index in [4.69, 9.17) is 0 Å². The van der Waals surface area contributed by atoms with Crippen molar-refractivity contribution >= 4 is 11.6 Å². The molecule has 1 aromatic rings. The minimum Gasteiger partial charge on any atom is -0.466 e. The molecule has 0 unspecified atom stereocenters. The van der Waals surface area contributed by atoms with Crippen LogP contribution in [-0.2, 0) is 16.1 Å². The number of anilines is 1. The van der Waals surface area contributed by atoms with Crippen LogP contribution in [0.3, 0.4) is 0 Å². The summed E-state index contributed by atoms with van der Waals surface area (Å²) in [5.41, 5.74) is 1.28. The molecule has 108 valence electrons. The van der Waals surface area contributed by atoms with Crippen molar-refractivity contribution < 1.29 is 22.7 Å². The maximum absolute atomic E-state index is 12.5. The van der Waals surface area contributed by atoms with Crippen LogP contribution >= 0.6 is 0 Å². The van der Waals surface area contributed by atoms with Crippen molar-refractivity contribution in [1.29, 1.82) is 0 Å². The summed E-state index contributed by atoms with van der Waals surface area (Å²) in [6.07, 6.45) is -3.58. The largest absolute Gasteiger partial charge is 0.466 e. The Balaban J connectivity index is 2.21. The van der Waals surface area contributed by atoms with E-state index in [2.05, 4.69) is 10.1 Å². The summed E-state index contributed by atoms with van der Waals surface area (Å²) >= 11 is 0. The summed E-state index contributed by atoms with van der Waals surface area (Å²) in [5, 5.41) is 2.62. The topological polar surface area (TPSA) is 41.6 Å². The van der Waals surface area contributed by atoms with E-state index in [1.54, 1.807) is 24.3 Å². The number of nitrogens with zero attached hydrogens (tertiary/aromatic N) is 1. The Morgan fingerprint density at radius 2 is 2.10 bits per heavy atom. The molecule has 2 rings (SSSR count). The number of benzene rings is 1. The first-order chi connectivity index (χ1) is 9.38. The SMILES string of the molecule is CC(=O)NCc1ccccc1N1C=C(C(F)(F)F)OC1. The molecule has 1 aliphatic rings. The Kier molecular flexibility index (Phi) is 3.87. The summed E-state index contributed by atoms with van der Waals surface area (Å²) in [7, 11) is 0. The quantitative estimate of drug-likeness (QED) is 0.928. The number of halogens is 3. The smallest absolute Gasteiger partial charge is 0.450 e. The third-order valence-electron chi connectivity index (χ3n) is 2.74. The minimum atomic E-state index is -4.50. The molecule has 0 atom stereocenters. The van der Waals surface area contributed by atoms with Crippen molar-refractivity contribution in [3.63, 3.8) is 0 Å². The van der Waals surface area contributed by atoms with Gasteiger partial charge >= 0.3 is 6.18 Å². The predicted octanol–water partition coefficient (Wildman–Crippen LogP) is 2.52. The van der Waals surface area contributed by atoms with E-state index in [0.29, 0.717) is 11.3 Å². The Bertz CT molecular complexity index is 541. The van der Waals surface area contributed by atoms with Crippen LogP contribution in [0.2, 0.25) is 0 Å². The number of para-hydroxylation sites is 1. The Hall–Kier alpha value is -2.18. The average Bonchev–Trinajstić information content (AvgIpc) is 2.86. The molecular formula is C13H13F3N2O2. The second-order valence-electron chi connectivity index (χ2n) is 4.27. The molecule has 7 heteroatoms. The van der Waals surface area contributed by atoms with Crippen molar-refractivity contribution in [3.8, 4) is 0 Å². The first-order valence-electron chi connectivity index (χ1n) is 5.89. The number of allylic oxidation sites excluding steroid dienone is 1. The van der Waals surface area contributed by atoms with Gasteiger partial charge in [-0.3, -0.25) is 4.79 Å². The molecule has 1 aromatic carbocycles. The maximum atomic E-state index is 12.5. The molecule has 0 saturated carbocycles. The summed E-state index contributed by atoms with van der Waals surface area (Å²) in [4.78, 5) is 12.3. The highest BCUT2D eigenvalue weighted by Gasteiger charge is 2.39. The van der Waals surface area contributed by atoms with Gasteiger partial charge in [-0.2, -0.15) is 13.2 Å². The van der Waals surface area contributed by atoms with E-state index in [-0.39, 0.29) is 19.2 Å². The van der Waals surface area contributed by atoms with Crippen LogP contribution in [0.15, 0.2) is 36.2 Å². The monoisotopic (exact) mass is 286 g/mol. The van der Waals surface area contributed by atoms with Gasteiger partial charge in [0, 0.05) is 19.2 Å². The summed E-state index contributed by atoms with van der Waals surface area (Å²) in [5.74, 6) is -1.23. The fourth-order valence-electron chi connectivity index (χ4n) is 1.81. The number of carbonyl (C=O) groups excluding carboxylic acids is 1. The Labute approximate surface area is 113 Å². The third-order valence-corrected chi connectivity index (χ3v) is 2.74. The van der Waals surface area contributed by atoms with Gasteiger partial charge in [0.1, 0.15) is 0 Å². The third kappa shape index (κ3) is 3.23. The number of hydrogen-bond donors (Lipinski definition) is 1. The first-order valence-corrected chi connectivity index (χ1v) is 5.89. The fraction of sp³-hybridized carbons (Fsp3) is 0.308. The standard InChI is InChI=1S/C13H13F3N2O2/c1-9(19)17-6-10-4-2-3-5-11(10)18-7-12(20-8-18)13(14,15)16/h2-5,7H,6,8H2,1H3,(H,17,19). The lowest BCUT2D eigenvalue weighted by atomic mass is 10.1. The second-order valence-corrected chi connectivity index (χ2v) is 4.27. The van der Waals surface area contributed by atoms with Gasteiger partial charge in [0.25, 0.3) is 0 Å². The van der Waals surface area contributed by atoms with E-state index in [1.807, 2.05) is 0 Å². The molecule has 0 aromatic heterocycles. The van der Waals surface area contributed by atoms with Gasteiger partial charge in [0.2, 0.25) is 11.7 Å². The van der Waals surface area contributed by atoms with Gasteiger partial charge in [0.05, 0.1) is 6.20 Å². The molecule has 20 heavy (non-hydrogen) atoms. The molecule has 0 radical (unpaired) electrons. The van der Waals surface area contributed by atoms with Gasteiger partial charge in [0.15, 0.2) is 6.73 Å². The highest BCUT2D eigenvalue weighted by molar-refractivity contribution is 5.73. The van der Waals surface area contributed by atoms with Crippen LogP contribution < -0.4 is 10.2 Å². The number of amides is 1. The molecule has 1 amide bonds. The number of carbonyl (C=O) groups is 1. The van der Waals surface area contributed by atoms with Gasteiger partial charge in [-0.1, -0.05) is 18.2 Å². The highest BCUT2D eigenvalue weighted by atomic mass is 19.4. The average molecular weight is 286 g/mol. The van der Waals surface area contributed by atoms with E-state index in [1.165, 1.54) is 11.8 Å². The highest BCUT2D eigenvalue weighted by Crippen LogP contribution is 2.33. The lowest BCUT2D eigenvalue weighted by Gasteiger charge is -2.18. The number of rotatable bonds is 3.